The number of nitrogens with zero attached hydrogens (tertiary/aromatic N) is 1. The summed E-state index contributed by atoms with van der Waals surface area (Å²) in [5.41, 5.74) is 3.19. The van der Waals surface area contributed by atoms with Crippen LogP contribution in [0.15, 0.2) is 28.8 Å². The third kappa shape index (κ3) is 2.40. The van der Waals surface area contributed by atoms with Gasteiger partial charge >= 0.3 is 5.97 Å². The van der Waals surface area contributed by atoms with Crippen LogP contribution in [0.4, 0.5) is 5.69 Å². The van der Waals surface area contributed by atoms with Crippen molar-refractivity contribution in [2.75, 3.05) is 5.32 Å². The van der Waals surface area contributed by atoms with Crippen LogP contribution in [-0.4, -0.2) is 22.1 Å². The summed E-state index contributed by atoms with van der Waals surface area (Å²) >= 11 is 0. The summed E-state index contributed by atoms with van der Waals surface area (Å²) in [6.07, 6.45) is 0.724. The molecule has 0 saturated carbocycles. The first-order valence-electron chi connectivity index (χ1n) is 6.22. The van der Waals surface area contributed by atoms with Crippen LogP contribution in [0, 0.1) is 0 Å². The highest BCUT2D eigenvalue weighted by molar-refractivity contribution is 5.99. The van der Waals surface area contributed by atoms with Crippen molar-refractivity contribution < 1.29 is 19.2 Å². The molecular weight excluding hydrogens is 260 g/mol. The van der Waals surface area contributed by atoms with Crippen molar-refractivity contribution in [3.05, 3.63) is 35.5 Å². The number of carbonyl (C=O) groups excluding carboxylic acids is 1. The molecule has 1 aromatic heterocycles. The number of fused-ring (bicyclic) bond motifs is 1. The number of carboxylic acid groups (broad SMARTS) is 1. The van der Waals surface area contributed by atoms with E-state index in [1.54, 1.807) is 6.07 Å². The zero-order chi connectivity index (χ0) is 14.1. The van der Waals surface area contributed by atoms with Gasteiger partial charge in [-0.25, -0.2) is 0 Å². The molecule has 6 heteroatoms. The van der Waals surface area contributed by atoms with E-state index in [9.17, 15) is 9.59 Å². The normalized spacial score (nSPS) is 13.1. The van der Waals surface area contributed by atoms with Gasteiger partial charge in [-0.15, -0.1) is 0 Å². The molecule has 0 radical (unpaired) electrons. The maximum atomic E-state index is 11.3. The first-order valence-corrected chi connectivity index (χ1v) is 6.22. The minimum atomic E-state index is -0.864. The average Bonchev–Trinajstić information content (AvgIpc) is 3.00. The van der Waals surface area contributed by atoms with Crippen molar-refractivity contribution in [2.45, 2.75) is 19.3 Å². The van der Waals surface area contributed by atoms with Crippen LogP contribution < -0.4 is 5.32 Å². The summed E-state index contributed by atoms with van der Waals surface area (Å²) in [4.78, 5) is 21.8. The van der Waals surface area contributed by atoms with Crippen LogP contribution in [0.3, 0.4) is 0 Å². The van der Waals surface area contributed by atoms with E-state index in [1.165, 1.54) is 0 Å². The molecule has 2 N–H and O–H groups in total. The monoisotopic (exact) mass is 272 g/mol. The average molecular weight is 272 g/mol. The van der Waals surface area contributed by atoms with E-state index in [1.807, 2.05) is 18.2 Å². The number of amides is 1. The van der Waals surface area contributed by atoms with Gasteiger partial charge in [-0.2, -0.15) is 0 Å². The van der Waals surface area contributed by atoms with Gasteiger partial charge in [-0.3, -0.25) is 9.59 Å². The van der Waals surface area contributed by atoms with Gasteiger partial charge in [0.2, 0.25) is 5.91 Å². The molecule has 0 saturated heterocycles. The quantitative estimate of drug-likeness (QED) is 0.886. The number of hydrogen-bond donors (Lipinski definition) is 2. The maximum absolute atomic E-state index is 11.3. The van der Waals surface area contributed by atoms with E-state index in [-0.39, 0.29) is 12.3 Å². The van der Waals surface area contributed by atoms with Gasteiger partial charge in [0, 0.05) is 23.7 Å². The Morgan fingerprint density at radius 3 is 3.05 bits per heavy atom. The molecule has 0 unspecified atom stereocenters. The van der Waals surface area contributed by atoms with Gasteiger partial charge in [-0.05, 0) is 23.8 Å². The van der Waals surface area contributed by atoms with Crippen LogP contribution in [-0.2, 0) is 22.4 Å². The lowest BCUT2D eigenvalue weighted by Crippen LogP contribution is -2.03. The SMILES string of the molecule is O=C(O)CCc1cc(-c2ccc3c(c2)CC(=O)N3)on1. The van der Waals surface area contributed by atoms with Crippen molar-refractivity contribution >= 4 is 17.6 Å². The van der Waals surface area contributed by atoms with Crippen LogP contribution in [0.25, 0.3) is 11.3 Å². The van der Waals surface area contributed by atoms with E-state index < -0.39 is 5.97 Å². The van der Waals surface area contributed by atoms with Crippen molar-refractivity contribution in [1.29, 1.82) is 0 Å². The Morgan fingerprint density at radius 2 is 2.25 bits per heavy atom. The van der Waals surface area contributed by atoms with E-state index in [0.717, 1.165) is 16.8 Å². The summed E-state index contributed by atoms with van der Waals surface area (Å²) < 4.78 is 5.22. The number of anilines is 1. The third-order valence-corrected chi connectivity index (χ3v) is 3.17. The molecule has 102 valence electrons. The molecule has 0 fully saturated rings. The fourth-order valence-corrected chi connectivity index (χ4v) is 2.18. The van der Waals surface area contributed by atoms with Crippen LogP contribution >= 0.6 is 0 Å². The molecule has 20 heavy (non-hydrogen) atoms. The number of benzene rings is 1. The molecule has 1 aliphatic heterocycles. The number of carboxylic acids is 1. The Labute approximate surface area is 114 Å². The maximum Gasteiger partial charge on any atom is 0.303 e. The van der Waals surface area contributed by atoms with Gasteiger partial charge in [0.05, 0.1) is 18.5 Å². The molecule has 2 aromatic rings. The molecule has 0 bridgehead atoms. The molecule has 6 nitrogen and oxygen atoms in total. The highest BCUT2D eigenvalue weighted by Crippen LogP contribution is 2.29. The second-order valence-corrected chi connectivity index (χ2v) is 4.67. The Hall–Kier alpha value is -2.63. The fourth-order valence-electron chi connectivity index (χ4n) is 2.18. The summed E-state index contributed by atoms with van der Waals surface area (Å²) in [7, 11) is 0. The Bertz CT molecular complexity index is 690. The minimum absolute atomic E-state index is 0.0168. The molecule has 3 rings (SSSR count). The zero-order valence-electron chi connectivity index (χ0n) is 10.5. The van der Waals surface area contributed by atoms with Crippen molar-refractivity contribution in [1.82, 2.24) is 5.16 Å². The number of aliphatic carboxylic acids is 1. The number of aryl methyl sites for hydroxylation is 1. The zero-order valence-corrected chi connectivity index (χ0v) is 10.5. The second-order valence-electron chi connectivity index (χ2n) is 4.67. The molecule has 1 amide bonds. The standard InChI is InChI=1S/C14H12N2O4/c17-13-6-9-5-8(1-3-11(9)15-13)12-7-10(16-20-12)2-4-14(18)19/h1,3,5,7H,2,4,6H2,(H,15,17)(H,18,19). The van der Waals surface area contributed by atoms with Gasteiger partial charge < -0.3 is 14.9 Å². The smallest absolute Gasteiger partial charge is 0.303 e. The Kier molecular flexibility index (Phi) is 2.98. The molecule has 1 aromatic carbocycles. The highest BCUT2D eigenvalue weighted by atomic mass is 16.5. The van der Waals surface area contributed by atoms with Gasteiger partial charge in [0.15, 0.2) is 5.76 Å². The first kappa shape index (κ1) is 12.4. The van der Waals surface area contributed by atoms with E-state index >= 15 is 0 Å². The summed E-state index contributed by atoms with van der Waals surface area (Å²) in [6, 6.07) is 7.28. The Morgan fingerprint density at radius 1 is 1.40 bits per heavy atom. The summed E-state index contributed by atoms with van der Waals surface area (Å²) in [6.45, 7) is 0. The lowest BCUT2D eigenvalue weighted by molar-refractivity contribution is -0.137. The molecule has 0 aliphatic carbocycles. The summed E-state index contributed by atoms with van der Waals surface area (Å²) in [5.74, 6) is -0.305. The van der Waals surface area contributed by atoms with E-state index in [4.69, 9.17) is 9.63 Å². The largest absolute Gasteiger partial charge is 0.481 e. The second kappa shape index (κ2) is 4.80. The number of aromatic nitrogens is 1. The van der Waals surface area contributed by atoms with Crippen LogP contribution in [0.1, 0.15) is 17.7 Å². The van der Waals surface area contributed by atoms with Gasteiger partial charge in [0.1, 0.15) is 0 Å². The number of nitrogens with one attached hydrogen (secondary N) is 1. The topological polar surface area (TPSA) is 92.4 Å². The lowest BCUT2D eigenvalue weighted by Gasteiger charge is -2.00. The predicted molar refractivity (Wildman–Crippen MR) is 70.2 cm³/mol. The number of carbonyl (C=O) groups is 2. The van der Waals surface area contributed by atoms with Crippen LogP contribution in [0.2, 0.25) is 0 Å². The highest BCUT2D eigenvalue weighted by Gasteiger charge is 2.18. The Balaban J connectivity index is 1.81. The first-order chi connectivity index (χ1) is 9.61. The predicted octanol–water partition coefficient (Wildman–Crippen LogP) is 1.85. The van der Waals surface area contributed by atoms with Gasteiger partial charge in [-0.1, -0.05) is 5.16 Å². The molecule has 0 atom stereocenters. The van der Waals surface area contributed by atoms with Crippen molar-refractivity contribution in [2.24, 2.45) is 0 Å². The molecule has 2 heterocycles. The fraction of sp³-hybridized carbons (Fsp3) is 0.214. The van der Waals surface area contributed by atoms with Crippen molar-refractivity contribution in [3.8, 4) is 11.3 Å². The number of hydrogen-bond acceptors (Lipinski definition) is 4. The van der Waals surface area contributed by atoms with Crippen LogP contribution in [0.5, 0.6) is 0 Å². The molecule has 1 aliphatic rings. The van der Waals surface area contributed by atoms with E-state index in [2.05, 4.69) is 10.5 Å². The minimum Gasteiger partial charge on any atom is -0.481 e. The third-order valence-electron chi connectivity index (χ3n) is 3.17. The van der Waals surface area contributed by atoms with Crippen molar-refractivity contribution in [3.63, 3.8) is 0 Å². The molecular formula is C14H12N2O4. The molecule has 0 spiro atoms. The number of rotatable bonds is 4. The lowest BCUT2D eigenvalue weighted by atomic mass is 10.1. The van der Waals surface area contributed by atoms with Gasteiger partial charge in [0.25, 0.3) is 0 Å². The van der Waals surface area contributed by atoms with E-state index in [0.29, 0.717) is 24.3 Å². The summed E-state index contributed by atoms with van der Waals surface area (Å²) in [5, 5.41) is 15.2.